The summed E-state index contributed by atoms with van der Waals surface area (Å²) in [4.78, 5) is 37.1. The molecule has 7 nitrogen and oxygen atoms in total. The number of non-ortho nitro benzene ring substituents is 1. The molecule has 156 valence electrons. The summed E-state index contributed by atoms with van der Waals surface area (Å²) >= 11 is 3.07. The summed E-state index contributed by atoms with van der Waals surface area (Å²) in [6.45, 7) is 1.98. The summed E-state index contributed by atoms with van der Waals surface area (Å²) in [5.41, 5.74) is 2.30. The number of hydrogen-bond acceptors (Lipinski definition) is 6. The standard InChI is InChI=1S/C22H15IN2O5S/c1-13-10-16(25(28)29)6-8-18(13)19-9-7-17(30-19)11-20-21(26)24(22(27)31-20)12-14-2-4-15(23)5-3-14/h2-11H,12H2,1H3/b20-11-. The Morgan fingerprint density at radius 3 is 2.55 bits per heavy atom. The van der Waals surface area contributed by atoms with Crippen LogP contribution in [0.25, 0.3) is 17.4 Å². The molecule has 1 saturated heterocycles. The van der Waals surface area contributed by atoms with Crippen LogP contribution < -0.4 is 0 Å². The second-order valence-electron chi connectivity index (χ2n) is 6.85. The SMILES string of the molecule is Cc1cc([N+](=O)[O-])ccc1-c1ccc(/C=C2\SC(=O)N(Cc3ccc(I)cc3)C2=O)o1. The van der Waals surface area contributed by atoms with Crippen LogP contribution in [-0.4, -0.2) is 21.0 Å². The van der Waals surface area contributed by atoms with E-state index in [0.29, 0.717) is 17.1 Å². The van der Waals surface area contributed by atoms with Crippen LogP contribution in [0.3, 0.4) is 0 Å². The first-order chi connectivity index (χ1) is 14.8. The van der Waals surface area contributed by atoms with E-state index in [4.69, 9.17) is 4.42 Å². The Hall–Kier alpha value is -2.92. The van der Waals surface area contributed by atoms with Gasteiger partial charge in [-0.3, -0.25) is 24.6 Å². The zero-order valence-electron chi connectivity index (χ0n) is 16.2. The highest BCUT2D eigenvalue weighted by atomic mass is 127. The first-order valence-corrected chi connectivity index (χ1v) is 11.1. The van der Waals surface area contributed by atoms with Crippen LogP contribution in [0.15, 0.2) is 63.9 Å². The Kier molecular flexibility index (Phi) is 5.96. The van der Waals surface area contributed by atoms with Gasteiger partial charge in [0, 0.05) is 27.3 Å². The molecule has 0 bridgehead atoms. The number of amides is 2. The van der Waals surface area contributed by atoms with Gasteiger partial charge in [0.1, 0.15) is 11.5 Å². The van der Waals surface area contributed by atoms with Gasteiger partial charge < -0.3 is 4.42 Å². The summed E-state index contributed by atoms with van der Waals surface area (Å²) < 4.78 is 6.90. The van der Waals surface area contributed by atoms with Gasteiger partial charge in [0.05, 0.1) is 16.4 Å². The predicted octanol–water partition coefficient (Wildman–Crippen LogP) is 6.00. The predicted molar refractivity (Wildman–Crippen MR) is 126 cm³/mol. The van der Waals surface area contributed by atoms with E-state index in [-0.39, 0.29) is 28.3 Å². The van der Waals surface area contributed by atoms with Gasteiger partial charge in [-0.1, -0.05) is 12.1 Å². The summed E-state index contributed by atoms with van der Waals surface area (Å²) in [5.74, 6) is 0.585. The highest BCUT2D eigenvalue weighted by molar-refractivity contribution is 14.1. The molecule has 2 aromatic carbocycles. The Balaban J connectivity index is 1.54. The molecule has 0 N–H and O–H groups in total. The fourth-order valence-corrected chi connectivity index (χ4v) is 4.33. The maximum Gasteiger partial charge on any atom is 0.293 e. The lowest BCUT2D eigenvalue weighted by molar-refractivity contribution is -0.384. The van der Waals surface area contributed by atoms with Crippen LogP contribution in [0.4, 0.5) is 10.5 Å². The molecule has 31 heavy (non-hydrogen) atoms. The van der Waals surface area contributed by atoms with Crippen molar-refractivity contribution >= 4 is 57.3 Å². The van der Waals surface area contributed by atoms with Crippen LogP contribution in [0.5, 0.6) is 0 Å². The van der Waals surface area contributed by atoms with Gasteiger partial charge in [-0.05, 0) is 82.7 Å². The smallest absolute Gasteiger partial charge is 0.293 e. The quantitative estimate of drug-likeness (QED) is 0.169. The zero-order valence-corrected chi connectivity index (χ0v) is 19.2. The third-order valence-electron chi connectivity index (χ3n) is 4.71. The Morgan fingerprint density at radius 2 is 1.87 bits per heavy atom. The van der Waals surface area contributed by atoms with Crippen molar-refractivity contribution in [1.82, 2.24) is 4.90 Å². The molecule has 1 aliphatic rings. The van der Waals surface area contributed by atoms with Crippen LogP contribution in [-0.2, 0) is 11.3 Å². The lowest BCUT2D eigenvalue weighted by Crippen LogP contribution is -2.27. The number of nitro benzene ring substituents is 1. The summed E-state index contributed by atoms with van der Waals surface area (Å²) in [7, 11) is 0. The van der Waals surface area contributed by atoms with Gasteiger partial charge in [-0.15, -0.1) is 0 Å². The third kappa shape index (κ3) is 4.57. The van der Waals surface area contributed by atoms with Crippen molar-refractivity contribution in [1.29, 1.82) is 0 Å². The van der Waals surface area contributed by atoms with Gasteiger partial charge >= 0.3 is 0 Å². The molecule has 0 atom stereocenters. The molecule has 1 fully saturated rings. The molecule has 0 unspecified atom stereocenters. The fourth-order valence-electron chi connectivity index (χ4n) is 3.15. The number of halogens is 1. The van der Waals surface area contributed by atoms with E-state index < -0.39 is 4.92 Å². The van der Waals surface area contributed by atoms with Gasteiger partial charge in [0.15, 0.2) is 0 Å². The van der Waals surface area contributed by atoms with Crippen LogP contribution >= 0.6 is 34.4 Å². The largest absolute Gasteiger partial charge is 0.457 e. The Morgan fingerprint density at radius 1 is 1.13 bits per heavy atom. The van der Waals surface area contributed by atoms with E-state index in [0.717, 1.165) is 26.5 Å². The van der Waals surface area contributed by atoms with Crippen LogP contribution in [0, 0.1) is 20.6 Å². The Bertz CT molecular complexity index is 1230. The molecule has 0 spiro atoms. The second-order valence-corrected chi connectivity index (χ2v) is 9.09. The van der Waals surface area contributed by atoms with Gasteiger partial charge in [0.2, 0.25) is 0 Å². The molecule has 0 saturated carbocycles. The molecule has 0 radical (unpaired) electrons. The first kappa shape index (κ1) is 21.3. The zero-order chi connectivity index (χ0) is 22.1. The van der Waals surface area contributed by atoms with Crippen LogP contribution in [0.1, 0.15) is 16.9 Å². The monoisotopic (exact) mass is 546 g/mol. The van der Waals surface area contributed by atoms with Gasteiger partial charge in [-0.2, -0.15) is 0 Å². The average molecular weight is 546 g/mol. The number of hydrogen-bond donors (Lipinski definition) is 0. The minimum atomic E-state index is -0.448. The van der Waals surface area contributed by atoms with Crippen molar-refractivity contribution in [2.45, 2.75) is 13.5 Å². The fraction of sp³-hybridized carbons (Fsp3) is 0.0909. The third-order valence-corrected chi connectivity index (χ3v) is 6.34. The van der Waals surface area contributed by atoms with Crippen molar-refractivity contribution in [2.75, 3.05) is 0 Å². The van der Waals surface area contributed by atoms with E-state index >= 15 is 0 Å². The number of aryl methyl sites for hydroxylation is 1. The second kappa shape index (κ2) is 8.67. The van der Waals surface area contributed by atoms with Crippen molar-refractivity contribution in [3.63, 3.8) is 0 Å². The van der Waals surface area contributed by atoms with E-state index in [2.05, 4.69) is 22.6 Å². The van der Waals surface area contributed by atoms with Crippen LogP contribution in [0.2, 0.25) is 0 Å². The molecule has 2 heterocycles. The molecule has 2 amide bonds. The number of imide groups is 1. The maximum atomic E-state index is 12.7. The highest BCUT2D eigenvalue weighted by Gasteiger charge is 2.35. The van der Waals surface area contributed by atoms with E-state index in [9.17, 15) is 19.7 Å². The number of thioether (sulfide) groups is 1. The number of carbonyl (C=O) groups excluding carboxylic acids is 2. The van der Waals surface area contributed by atoms with Crippen molar-refractivity contribution in [3.05, 3.63) is 90.1 Å². The molecule has 9 heteroatoms. The molecule has 4 rings (SSSR count). The van der Waals surface area contributed by atoms with E-state index in [1.165, 1.54) is 17.0 Å². The molecule has 0 aliphatic carbocycles. The lowest BCUT2D eigenvalue weighted by Gasteiger charge is -2.12. The molecule has 1 aromatic heterocycles. The van der Waals surface area contributed by atoms with Gasteiger partial charge in [0.25, 0.3) is 16.8 Å². The summed E-state index contributed by atoms with van der Waals surface area (Å²) in [5, 5.41) is 10.6. The number of nitro groups is 1. The minimum Gasteiger partial charge on any atom is -0.457 e. The average Bonchev–Trinajstić information content (AvgIpc) is 3.29. The molecular weight excluding hydrogens is 531 g/mol. The summed E-state index contributed by atoms with van der Waals surface area (Å²) in [6.07, 6.45) is 1.54. The maximum absolute atomic E-state index is 12.7. The van der Waals surface area contributed by atoms with Crippen molar-refractivity contribution < 1.29 is 18.9 Å². The number of nitrogens with zero attached hydrogens (tertiary/aromatic N) is 2. The summed E-state index contributed by atoms with van der Waals surface area (Å²) in [6, 6.07) is 15.6. The molecule has 3 aromatic rings. The van der Waals surface area contributed by atoms with E-state index in [1.54, 1.807) is 31.2 Å². The van der Waals surface area contributed by atoms with Crippen molar-refractivity contribution in [3.8, 4) is 11.3 Å². The topological polar surface area (TPSA) is 93.7 Å². The molecule has 1 aliphatic heterocycles. The highest BCUT2D eigenvalue weighted by Crippen LogP contribution is 2.35. The number of benzene rings is 2. The van der Waals surface area contributed by atoms with E-state index in [1.807, 2.05) is 24.3 Å². The lowest BCUT2D eigenvalue weighted by atomic mass is 10.1. The number of carbonyl (C=O) groups is 2. The minimum absolute atomic E-state index is 0.00910. The number of furan rings is 1. The Labute approximate surface area is 195 Å². The normalized spacial score (nSPS) is 15.2. The number of rotatable bonds is 5. The van der Waals surface area contributed by atoms with Gasteiger partial charge in [-0.25, -0.2) is 0 Å². The van der Waals surface area contributed by atoms with Crippen molar-refractivity contribution in [2.24, 2.45) is 0 Å². The molecular formula is C22H15IN2O5S. The first-order valence-electron chi connectivity index (χ1n) is 9.17.